The summed E-state index contributed by atoms with van der Waals surface area (Å²) in [6.07, 6.45) is 5.23. The van der Waals surface area contributed by atoms with E-state index in [9.17, 15) is 0 Å². The third-order valence-corrected chi connectivity index (χ3v) is 5.13. The van der Waals surface area contributed by atoms with Crippen LogP contribution < -0.4 is 15.1 Å². The summed E-state index contributed by atoms with van der Waals surface area (Å²) in [5.74, 6) is 3.54. The van der Waals surface area contributed by atoms with E-state index in [2.05, 4.69) is 42.2 Å². The van der Waals surface area contributed by atoms with Crippen LogP contribution in [0.25, 0.3) is 5.78 Å². The minimum absolute atomic E-state index is 0.389. The molecule has 4 heterocycles. The molecular formula is C18H25N9. The third-order valence-electron chi connectivity index (χ3n) is 5.13. The number of nitrogens with one attached hydrogen (secondary N) is 1. The quantitative estimate of drug-likeness (QED) is 0.745. The summed E-state index contributed by atoms with van der Waals surface area (Å²) in [6.45, 7) is 6.02. The number of aryl methyl sites for hydroxylation is 1. The van der Waals surface area contributed by atoms with Crippen LogP contribution in [0.3, 0.4) is 0 Å². The standard InChI is InChI=1S/C18H25N9/c1-12-13(2)23-18-21-11-22-27(18)17(12)26-7-5-14(6-8-26)24-15-9-16(25(3)4)20-10-19-15/h9-11,14H,5-8H2,1-4H3,(H,19,20,24). The van der Waals surface area contributed by atoms with E-state index in [0.29, 0.717) is 11.8 Å². The monoisotopic (exact) mass is 367 g/mol. The predicted molar refractivity (Wildman–Crippen MR) is 105 cm³/mol. The first-order valence-electron chi connectivity index (χ1n) is 9.20. The fourth-order valence-electron chi connectivity index (χ4n) is 3.50. The Hall–Kier alpha value is -2.97. The van der Waals surface area contributed by atoms with E-state index in [1.807, 2.05) is 36.5 Å². The van der Waals surface area contributed by atoms with Crippen LogP contribution in [0.15, 0.2) is 18.7 Å². The highest BCUT2D eigenvalue weighted by Crippen LogP contribution is 2.26. The van der Waals surface area contributed by atoms with Crippen molar-refractivity contribution in [2.75, 3.05) is 42.3 Å². The van der Waals surface area contributed by atoms with Crippen molar-refractivity contribution in [1.29, 1.82) is 0 Å². The molecular weight excluding hydrogens is 342 g/mol. The molecule has 1 aliphatic rings. The van der Waals surface area contributed by atoms with Gasteiger partial charge < -0.3 is 15.1 Å². The Morgan fingerprint density at radius 2 is 1.85 bits per heavy atom. The van der Waals surface area contributed by atoms with Crippen molar-refractivity contribution in [3.05, 3.63) is 30.0 Å². The van der Waals surface area contributed by atoms with Crippen molar-refractivity contribution in [2.24, 2.45) is 0 Å². The van der Waals surface area contributed by atoms with Gasteiger partial charge in [-0.1, -0.05) is 0 Å². The number of fused-ring (bicyclic) bond motifs is 1. The van der Waals surface area contributed by atoms with E-state index in [-0.39, 0.29) is 0 Å². The molecule has 0 saturated carbocycles. The predicted octanol–water partition coefficient (Wildman–Crippen LogP) is 1.68. The van der Waals surface area contributed by atoms with Gasteiger partial charge in [-0.25, -0.2) is 15.0 Å². The van der Waals surface area contributed by atoms with Crippen LogP contribution in [0.4, 0.5) is 17.5 Å². The number of anilines is 3. The van der Waals surface area contributed by atoms with Gasteiger partial charge in [-0.05, 0) is 26.7 Å². The summed E-state index contributed by atoms with van der Waals surface area (Å²) in [7, 11) is 3.96. The van der Waals surface area contributed by atoms with Gasteiger partial charge in [0.2, 0.25) is 0 Å². The highest BCUT2D eigenvalue weighted by molar-refractivity contribution is 5.54. The van der Waals surface area contributed by atoms with Crippen molar-refractivity contribution in [1.82, 2.24) is 29.5 Å². The number of hydrogen-bond acceptors (Lipinski definition) is 8. The maximum Gasteiger partial charge on any atom is 0.254 e. The Labute approximate surface area is 158 Å². The van der Waals surface area contributed by atoms with Gasteiger partial charge in [0, 0.05) is 50.6 Å². The van der Waals surface area contributed by atoms with Crippen molar-refractivity contribution >= 4 is 23.2 Å². The maximum atomic E-state index is 4.52. The van der Waals surface area contributed by atoms with Gasteiger partial charge in [0.25, 0.3) is 5.78 Å². The molecule has 0 spiro atoms. The second-order valence-corrected chi connectivity index (χ2v) is 7.18. The lowest BCUT2D eigenvalue weighted by Crippen LogP contribution is -2.40. The zero-order valence-corrected chi connectivity index (χ0v) is 16.2. The largest absolute Gasteiger partial charge is 0.367 e. The number of rotatable bonds is 4. The fourth-order valence-corrected chi connectivity index (χ4v) is 3.50. The Balaban J connectivity index is 1.48. The number of nitrogens with zero attached hydrogens (tertiary/aromatic N) is 8. The van der Waals surface area contributed by atoms with E-state index in [4.69, 9.17) is 0 Å². The molecule has 27 heavy (non-hydrogen) atoms. The maximum absolute atomic E-state index is 4.52. The van der Waals surface area contributed by atoms with E-state index in [1.165, 1.54) is 0 Å². The lowest BCUT2D eigenvalue weighted by Gasteiger charge is -2.35. The molecule has 3 aromatic rings. The Morgan fingerprint density at radius 3 is 2.59 bits per heavy atom. The smallest absolute Gasteiger partial charge is 0.254 e. The fraction of sp³-hybridized carbons (Fsp3) is 0.500. The van der Waals surface area contributed by atoms with Gasteiger partial charge >= 0.3 is 0 Å². The van der Waals surface area contributed by atoms with Gasteiger partial charge in [0.05, 0.1) is 0 Å². The number of aromatic nitrogens is 6. The first kappa shape index (κ1) is 17.4. The SMILES string of the molecule is Cc1nc2ncnn2c(N2CCC(Nc3cc(N(C)C)ncn3)CC2)c1C. The molecule has 1 aliphatic heterocycles. The highest BCUT2D eigenvalue weighted by Gasteiger charge is 2.24. The van der Waals surface area contributed by atoms with Crippen molar-refractivity contribution in [3.63, 3.8) is 0 Å². The average Bonchev–Trinajstić information content (AvgIpc) is 3.11. The Morgan fingerprint density at radius 1 is 1.07 bits per heavy atom. The molecule has 0 aliphatic carbocycles. The van der Waals surface area contributed by atoms with Crippen LogP contribution >= 0.6 is 0 Å². The molecule has 0 bridgehead atoms. The van der Waals surface area contributed by atoms with E-state index in [0.717, 1.165) is 54.6 Å². The molecule has 3 aromatic heterocycles. The zero-order valence-electron chi connectivity index (χ0n) is 16.2. The first-order chi connectivity index (χ1) is 13.0. The molecule has 9 heteroatoms. The van der Waals surface area contributed by atoms with Crippen LogP contribution in [-0.2, 0) is 0 Å². The van der Waals surface area contributed by atoms with Gasteiger partial charge in [-0.15, -0.1) is 0 Å². The van der Waals surface area contributed by atoms with Crippen molar-refractivity contribution in [3.8, 4) is 0 Å². The van der Waals surface area contributed by atoms with Gasteiger partial charge in [0.1, 0.15) is 30.1 Å². The van der Waals surface area contributed by atoms with Crippen molar-refractivity contribution < 1.29 is 0 Å². The van der Waals surface area contributed by atoms with Crippen molar-refractivity contribution in [2.45, 2.75) is 32.7 Å². The van der Waals surface area contributed by atoms with E-state index in [1.54, 1.807) is 12.7 Å². The minimum Gasteiger partial charge on any atom is -0.367 e. The molecule has 9 nitrogen and oxygen atoms in total. The molecule has 0 radical (unpaired) electrons. The van der Waals surface area contributed by atoms with Gasteiger partial charge in [-0.3, -0.25) is 0 Å². The Kier molecular flexibility index (Phi) is 4.51. The molecule has 0 amide bonds. The summed E-state index contributed by atoms with van der Waals surface area (Å²) in [5, 5.41) is 7.93. The molecule has 142 valence electrons. The molecule has 0 unspecified atom stereocenters. The number of piperidine rings is 1. The third kappa shape index (κ3) is 3.36. The van der Waals surface area contributed by atoms with Crippen LogP contribution in [0, 0.1) is 13.8 Å². The van der Waals surface area contributed by atoms with Gasteiger partial charge in [-0.2, -0.15) is 14.6 Å². The summed E-state index contributed by atoms with van der Waals surface area (Å²) >= 11 is 0. The topological polar surface area (TPSA) is 87.4 Å². The van der Waals surface area contributed by atoms with Crippen LogP contribution in [0.2, 0.25) is 0 Å². The summed E-state index contributed by atoms with van der Waals surface area (Å²) in [4.78, 5) is 21.8. The highest BCUT2D eigenvalue weighted by atomic mass is 15.4. The summed E-state index contributed by atoms with van der Waals surface area (Å²) in [6, 6.07) is 2.38. The molecule has 0 aromatic carbocycles. The first-order valence-corrected chi connectivity index (χ1v) is 9.20. The van der Waals surface area contributed by atoms with E-state index >= 15 is 0 Å². The van der Waals surface area contributed by atoms with Crippen LogP contribution in [-0.4, -0.2) is 62.8 Å². The zero-order chi connectivity index (χ0) is 19.0. The molecule has 1 saturated heterocycles. The van der Waals surface area contributed by atoms with Gasteiger partial charge in [0.15, 0.2) is 0 Å². The molecule has 4 rings (SSSR count). The average molecular weight is 367 g/mol. The summed E-state index contributed by atoms with van der Waals surface area (Å²) in [5.41, 5.74) is 2.16. The second-order valence-electron chi connectivity index (χ2n) is 7.18. The lowest BCUT2D eigenvalue weighted by molar-refractivity contribution is 0.518. The normalized spacial score (nSPS) is 15.3. The van der Waals surface area contributed by atoms with Crippen LogP contribution in [0.1, 0.15) is 24.1 Å². The second kappa shape index (κ2) is 6.98. The lowest BCUT2D eigenvalue weighted by atomic mass is 10.0. The minimum atomic E-state index is 0.389. The van der Waals surface area contributed by atoms with E-state index < -0.39 is 0 Å². The molecule has 0 atom stereocenters. The Bertz CT molecular complexity index is 941. The molecule has 1 N–H and O–H groups in total. The number of hydrogen-bond donors (Lipinski definition) is 1. The van der Waals surface area contributed by atoms with Crippen LogP contribution in [0.5, 0.6) is 0 Å². The molecule has 1 fully saturated rings. The summed E-state index contributed by atoms with van der Waals surface area (Å²) < 4.78 is 1.85.